The average Bonchev–Trinajstić information content (AvgIpc) is 2.27. The summed E-state index contributed by atoms with van der Waals surface area (Å²) in [4.78, 5) is 32.3. The van der Waals surface area contributed by atoms with Crippen molar-refractivity contribution in [2.24, 2.45) is 0 Å². The first-order valence-corrected chi connectivity index (χ1v) is 4.92. The Labute approximate surface area is 102 Å². The lowest BCUT2D eigenvalue weighted by Gasteiger charge is -2.09. The number of benzene rings is 1. The van der Waals surface area contributed by atoms with Crippen molar-refractivity contribution >= 4 is 17.4 Å². The minimum absolute atomic E-state index is 0.0374. The lowest BCUT2D eigenvalue weighted by Crippen LogP contribution is -2.07. The van der Waals surface area contributed by atoms with Gasteiger partial charge in [-0.25, -0.2) is 0 Å². The summed E-state index contributed by atoms with van der Waals surface area (Å²) in [7, 11) is 1.26. The molecule has 1 aromatic carbocycles. The molecule has 0 heterocycles. The zero-order chi connectivity index (χ0) is 13.9. The minimum atomic E-state index is -0.743. The van der Waals surface area contributed by atoms with E-state index in [0.717, 1.165) is 13.0 Å². The maximum absolute atomic E-state index is 11.2. The molecule has 0 saturated heterocycles. The van der Waals surface area contributed by atoms with E-state index in [1.807, 2.05) is 0 Å². The number of ether oxygens (including phenoxy) is 2. The van der Waals surface area contributed by atoms with Crippen molar-refractivity contribution in [3.8, 4) is 11.5 Å². The van der Waals surface area contributed by atoms with Crippen LogP contribution in [0.5, 0.6) is 11.5 Å². The van der Waals surface area contributed by atoms with E-state index in [4.69, 9.17) is 9.47 Å². The molecule has 0 fully saturated rings. The van der Waals surface area contributed by atoms with Crippen molar-refractivity contribution in [1.29, 1.82) is 0 Å². The number of methoxy groups -OCH3 is 1. The number of hydrogen-bond donors (Lipinski definition) is 0. The maximum atomic E-state index is 11.2. The summed E-state index contributed by atoms with van der Waals surface area (Å²) in [5.41, 5.74) is -0.385. The molecule has 0 aliphatic carbocycles. The Morgan fingerprint density at radius 2 is 1.89 bits per heavy atom. The molecule has 7 nitrogen and oxygen atoms in total. The third-order valence-electron chi connectivity index (χ3n) is 2.10. The first kappa shape index (κ1) is 13.6. The van der Waals surface area contributed by atoms with Gasteiger partial charge in [0, 0.05) is 18.6 Å². The largest absolute Gasteiger partial charge is 0.493 e. The van der Waals surface area contributed by atoms with Gasteiger partial charge in [-0.05, 0) is 13.0 Å². The van der Waals surface area contributed by atoms with Gasteiger partial charge < -0.3 is 9.47 Å². The standard InChI is InChI=1S/C11H11NO6/c1-6(13)8-4-9(12(15)16)11(18-7(2)14)10(5-8)17-3/h4-5H,1-3H3. The predicted octanol–water partition coefficient (Wildman–Crippen LogP) is 1.73. The number of carbonyl (C=O) groups excluding carboxylic acids is 2. The molecule has 7 heteroatoms. The summed E-state index contributed by atoms with van der Waals surface area (Å²) in [5, 5.41) is 10.9. The van der Waals surface area contributed by atoms with Crippen molar-refractivity contribution < 1.29 is 24.0 Å². The molecule has 18 heavy (non-hydrogen) atoms. The van der Waals surface area contributed by atoms with Crippen molar-refractivity contribution in [2.45, 2.75) is 13.8 Å². The van der Waals surface area contributed by atoms with Crippen LogP contribution in [-0.2, 0) is 4.79 Å². The molecule has 0 unspecified atom stereocenters. The van der Waals surface area contributed by atoms with E-state index in [0.29, 0.717) is 0 Å². The quantitative estimate of drug-likeness (QED) is 0.266. The second kappa shape index (κ2) is 5.26. The highest BCUT2D eigenvalue weighted by molar-refractivity contribution is 5.96. The second-order valence-corrected chi connectivity index (χ2v) is 3.43. The van der Waals surface area contributed by atoms with Gasteiger partial charge >= 0.3 is 11.7 Å². The minimum Gasteiger partial charge on any atom is -0.493 e. The Morgan fingerprint density at radius 3 is 2.28 bits per heavy atom. The fourth-order valence-corrected chi connectivity index (χ4v) is 1.32. The molecule has 0 N–H and O–H groups in total. The molecule has 0 aliphatic heterocycles. The van der Waals surface area contributed by atoms with E-state index >= 15 is 0 Å². The molecular weight excluding hydrogens is 242 g/mol. The molecule has 0 amide bonds. The van der Waals surface area contributed by atoms with Crippen LogP contribution in [-0.4, -0.2) is 23.8 Å². The number of ketones is 1. The van der Waals surface area contributed by atoms with Crippen molar-refractivity contribution in [3.63, 3.8) is 0 Å². The van der Waals surface area contributed by atoms with Gasteiger partial charge in [0.2, 0.25) is 5.75 Å². The van der Waals surface area contributed by atoms with E-state index in [9.17, 15) is 19.7 Å². The summed E-state index contributed by atoms with van der Waals surface area (Å²) in [6.07, 6.45) is 0. The molecule has 0 aromatic heterocycles. The van der Waals surface area contributed by atoms with Crippen LogP contribution in [0, 0.1) is 10.1 Å². The van der Waals surface area contributed by atoms with E-state index in [-0.39, 0.29) is 22.8 Å². The lowest BCUT2D eigenvalue weighted by atomic mass is 10.1. The molecule has 0 atom stereocenters. The Kier molecular flexibility index (Phi) is 3.98. The molecule has 1 aromatic rings. The highest BCUT2D eigenvalue weighted by Gasteiger charge is 2.24. The van der Waals surface area contributed by atoms with Gasteiger partial charge in [-0.2, -0.15) is 0 Å². The molecule has 0 spiro atoms. The van der Waals surface area contributed by atoms with Crippen LogP contribution in [0.15, 0.2) is 12.1 Å². The van der Waals surface area contributed by atoms with Crippen LogP contribution in [0.2, 0.25) is 0 Å². The summed E-state index contributed by atoms with van der Waals surface area (Å²) in [5.74, 6) is -1.41. The number of nitrogens with zero attached hydrogens (tertiary/aromatic N) is 1. The average molecular weight is 253 g/mol. The molecule has 0 aliphatic rings. The van der Waals surface area contributed by atoms with Crippen molar-refractivity contribution in [1.82, 2.24) is 0 Å². The molecule has 0 saturated carbocycles. The summed E-state index contributed by atoms with van der Waals surface area (Å²) >= 11 is 0. The van der Waals surface area contributed by atoms with Crippen LogP contribution >= 0.6 is 0 Å². The van der Waals surface area contributed by atoms with Crippen LogP contribution in [0.3, 0.4) is 0 Å². The van der Waals surface area contributed by atoms with Gasteiger partial charge in [0.15, 0.2) is 11.5 Å². The number of hydrogen-bond acceptors (Lipinski definition) is 6. The monoisotopic (exact) mass is 253 g/mol. The first-order chi connectivity index (χ1) is 8.36. The second-order valence-electron chi connectivity index (χ2n) is 3.43. The summed E-state index contributed by atoms with van der Waals surface area (Å²) in [6, 6.07) is 2.33. The van der Waals surface area contributed by atoms with E-state index in [1.165, 1.54) is 20.1 Å². The molecule has 0 radical (unpaired) electrons. The van der Waals surface area contributed by atoms with Crippen LogP contribution in [0.25, 0.3) is 0 Å². The van der Waals surface area contributed by atoms with E-state index in [1.54, 1.807) is 0 Å². The van der Waals surface area contributed by atoms with Gasteiger partial charge in [0.1, 0.15) is 0 Å². The van der Waals surface area contributed by atoms with E-state index < -0.39 is 16.6 Å². The normalized spacial score (nSPS) is 9.72. The zero-order valence-corrected chi connectivity index (χ0v) is 10.1. The number of Topliss-reactive ketones (excluding diaryl/α,β-unsaturated/α-hetero) is 1. The van der Waals surface area contributed by atoms with Gasteiger partial charge in [-0.15, -0.1) is 0 Å². The Bertz CT molecular complexity index is 523. The SMILES string of the molecule is COc1cc(C(C)=O)cc([N+](=O)[O-])c1OC(C)=O. The van der Waals surface area contributed by atoms with Gasteiger partial charge in [-0.1, -0.05) is 0 Å². The molecule has 96 valence electrons. The highest BCUT2D eigenvalue weighted by Crippen LogP contribution is 2.38. The van der Waals surface area contributed by atoms with Crippen molar-refractivity contribution in [3.05, 3.63) is 27.8 Å². The van der Waals surface area contributed by atoms with Crippen LogP contribution in [0.4, 0.5) is 5.69 Å². The number of esters is 1. The summed E-state index contributed by atoms with van der Waals surface area (Å²) < 4.78 is 9.64. The molecule has 0 bridgehead atoms. The Hall–Kier alpha value is -2.44. The summed E-state index contributed by atoms with van der Waals surface area (Å²) in [6.45, 7) is 2.38. The van der Waals surface area contributed by atoms with E-state index in [2.05, 4.69) is 0 Å². The van der Waals surface area contributed by atoms with Gasteiger partial charge in [-0.3, -0.25) is 19.7 Å². The third-order valence-corrected chi connectivity index (χ3v) is 2.10. The van der Waals surface area contributed by atoms with Gasteiger partial charge in [0.25, 0.3) is 0 Å². The fourth-order valence-electron chi connectivity index (χ4n) is 1.32. The Morgan fingerprint density at radius 1 is 1.28 bits per heavy atom. The number of carbonyl (C=O) groups is 2. The molecule has 1 rings (SSSR count). The lowest BCUT2D eigenvalue weighted by molar-refractivity contribution is -0.385. The third kappa shape index (κ3) is 2.82. The number of nitro benzene ring substituents is 1. The first-order valence-electron chi connectivity index (χ1n) is 4.92. The van der Waals surface area contributed by atoms with Crippen LogP contribution < -0.4 is 9.47 Å². The zero-order valence-electron chi connectivity index (χ0n) is 10.1. The maximum Gasteiger partial charge on any atom is 0.316 e. The predicted molar refractivity (Wildman–Crippen MR) is 61.0 cm³/mol. The Balaban J connectivity index is 3.50. The number of nitro groups is 1. The highest BCUT2D eigenvalue weighted by atomic mass is 16.6. The topological polar surface area (TPSA) is 95.7 Å². The smallest absolute Gasteiger partial charge is 0.316 e. The van der Waals surface area contributed by atoms with Gasteiger partial charge in [0.05, 0.1) is 12.0 Å². The fraction of sp³-hybridized carbons (Fsp3) is 0.273. The van der Waals surface area contributed by atoms with Crippen molar-refractivity contribution in [2.75, 3.05) is 7.11 Å². The number of rotatable bonds is 4. The van der Waals surface area contributed by atoms with Crippen LogP contribution in [0.1, 0.15) is 24.2 Å². The molecular formula is C11H11NO6.